The van der Waals surface area contributed by atoms with Gasteiger partial charge in [-0.05, 0) is 45.1 Å². The van der Waals surface area contributed by atoms with E-state index < -0.39 is 10.0 Å². The Morgan fingerprint density at radius 3 is 2.75 bits per heavy atom. The van der Waals surface area contributed by atoms with Crippen molar-refractivity contribution in [1.82, 2.24) is 9.62 Å². The third-order valence-corrected chi connectivity index (χ3v) is 4.36. The Hall–Kier alpha value is -0.660. The van der Waals surface area contributed by atoms with Crippen molar-refractivity contribution in [2.45, 2.75) is 51.0 Å². The number of likely N-dealkylation sites (tertiary alicyclic amines) is 1. The summed E-state index contributed by atoms with van der Waals surface area (Å²) in [5, 5.41) is 0. The average molecular weight is 305 g/mol. The lowest BCUT2D eigenvalue weighted by atomic mass is 9.98. The van der Waals surface area contributed by atoms with Crippen LogP contribution in [0.4, 0.5) is 0 Å². The number of nitrogens with two attached hydrogens (primary N) is 1. The van der Waals surface area contributed by atoms with Gasteiger partial charge in [0.15, 0.2) is 0 Å². The second kappa shape index (κ2) is 8.59. The van der Waals surface area contributed by atoms with Crippen LogP contribution in [-0.2, 0) is 14.8 Å². The number of carbonyl (C=O) groups excluding carboxylic acids is 1. The summed E-state index contributed by atoms with van der Waals surface area (Å²) in [7, 11) is -3.15. The van der Waals surface area contributed by atoms with Crippen LogP contribution in [0.2, 0.25) is 0 Å². The van der Waals surface area contributed by atoms with Crippen molar-refractivity contribution in [3.63, 3.8) is 0 Å². The van der Waals surface area contributed by atoms with Gasteiger partial charge < -0.3 is 10.6 Å². The number of unbranched alkanes of at least 4 members (excludes halogenated alkanes) is 1. The molecule has 1 unspecified atom stereocenters. The van der Waals surface area contributed by atoms with Crippen LogP contribution in [-0.4, -0.2) is 51.2 Å². The van der Waals surface area contributed by atoms with E-state index in [4.69, 9.17) is 5.73 Å². The third-order valence-electron chi connectivity index (χ3n) is 3.63. The van der Waals surface area contributed by atoms with E-state index in [0.29, 0.717) is 25.9 Å². The van der Waals surface area contributed by atoms with E-state index >= 15 is 0 Å². The fourth-order valence-electron chi connectivity index (χ4n) is 2.60. The Labute approximate surface area is 122 Å². The van der Waals surface area contributed by atoms with Gasteiger partial charge in [0.1, 0.15) is 0 Å². The Morgan fingerprint density at radius 2 is 2.10 bits per heavy atom. The molecule has 1 fully saturated rings. The molecular weight excluding hydrogens is 278 g/mol. The van der Waals surface area contributed by atoms with Gasteiger partial charge >= 0.3 is 0 Å². The molecule has 118 valence electrons. The summed E-state index contributed by atoms with van der Waals surface area (Å²) in [6, 6.07) is 0.170. The van der Waals surface area contributed by atoms with E-state index in [0.717, 1.165) is 44.9 Å². The van der Waals surface area contributed by atoms with Crippen LogP contribution < -0.4 is 10.5 Å². The Morgan fingerprint density at radius 1 is 1.35 bits per heavy atom. The van der Waals surface area contributed by atoms with E-state index in [1.54, 1.807) is 0 Å². The first-order valence-electron chi connectivity index (χ1n) is 7.38. The number of rotatable bonds is 8. The first-order valence-corrected chi connectivity index (χ1v) is 9.27. The maximum atomic E-state index is 12.2. The Balaban J connectivity index is 2.42. The fourth-order valence-corrected chi connectivity index (χ4v) is 3.09. The molecule has 0 spiro atoms. The molecule has 0 radical (unpaired) electrons. The molecule has 6 nitrogen and oxygen atoms in total. The lowest BCUT2D eigenvalue weighted by Crippen LogP contribution is -2.45. The number of nitrogens with one attached hydrogen (secondary N) is 1. The molecule has 1 rings (SSSR count). The van der Waals surface area contributed by atoms with E-state index in [1.807, 2.05) is 4.90 Å². The SMILES string of the molecule is CS(=O)(=O)NCCC1CCCCN1C(=O)CCCCN. The van der Waals surface area contributed by atoms with Gasteiger partial charge in [-0.2, -0.15) is 0 Å². The highest BCUT2D eigenvalue weighted by atomic mass is 32.2. The van der Waals surface area contributed by atoms with Crippen LogP contribution in [0, 0.1) is 0 Å². The summed E-state index contributed by atoms with van der Waals surface area (Å²) in [5.74, 6) is 0.183. The topological polar surface area (TPSA) is 92.5 Å². The second-order valence-electron chi connectivity index (χ2n) is 5.44. The number of amides is 1. The van der Waals surface area contributed by atoms with Gasteiger partial charge in [0.05, 0.1) is 6.26 Å². The monoisotopic (exact) mass is 305 g/mol. The fraction of sp³-hybridized carbons (Fsp3) is 0.923. The van der Waals surface area contributed by atoms with Gasteiger partial charge in [0.2, 0.25) is 15.9 Å². The number of piperidine rings is 1. The highest BCUT2D eigenvalue weighted by molar-refractivity contribution is 7.88. The van der Waals surface area contributed by atoms with Crippen molar-refractivity contribution >= 4 is 15.9 Å². The van der Waals surface area contributed by atoms with Crippen LogP contribution in [0.5, 0.6) is 0 Å². The quantitative estimate of drug-likeness (QED) is 0.636. The normalized spacial score (nSPS) is 20.1. The minimum atomic E-state index is -3.15. The largest absolute Gasteiger partial charge is 0.340 e. The van der Waals surface area contributed by atoms with E-state index in [2.05, 4.69) is 4.72 Å². The molecule has 0 bridgehead atoms. The predicted octanol–water partition coefficient (Wildman–Crippen LogP) is 0.436. The van der Waals surface area contributed by atoms with Crippen molar-refractivity contribution in [3.05, 3.63) is 0 Å². The first kappa shape index (κ1) is 17.4. The van der Waals surface area contributed by atoms with E-state index in [1.165, 1.54) is 0 Å². The zero-order valence-electron chi connectivity index (χ0n) is 12.3. The molecule has 20 heavy (non-hydrogen) atoms. The van der Waals surface area contributed by atoms with Crippen LogP contribution in [0.3, 0.4) is 0 Å². The highest BCUT2D eigenvalue weighted by Crippen LogP contribution is 2.20. The summed E-state index contributed by atoms with van der Waals surface area (Å²) in [4.78, 5) is 14.1. The van der Waals surface area contributed by atoms with E-state index in [9.17, 15) is 13.2 Å². The van der Waals surface area contributed by atoms with Gasteiger partial charge in [-0.15, -0.1) is 0 Å². The maximum Gasteiger partial charge on any atom is 0.222 e. The average Bonchev–Trinajstić information content (AvgIpc) is 2.38. The molecule has 0 saturated carbocycles. The molecule has 0 aromatic heterocycles. The molecule has 1 aliphatic heterocycles. The lowest BCUT2D eigenvalue weighted by Gasteiger charge is -2.36. The molecule has 1 heterocycles. The summed E-state index contributed by atoms with van der Waals surface area (Å²) in [6.07, 6.45) is 7.22. The molecule has 1 saturated heterocycles. The number of nitrogens with zero attached hydrogens (tertiary/aromatic N) is 1. The molecule has 0 aromatic carbocycles. The smallest absolute Gasteiger partial charge is 0.222 e. The van der Waals surface area contributed by atoms with Crippen molar-refractivity contribution in [2.24, 2.45) is 5.73 Å². The minimum absolute atomic E-state index is 0.170. The number of hydrogen-bond donors (Lipinski definition) is 2. The zero-order valence-corrected chi connectivity index (χ0v) is 13.1. The minimum Gasteiger partial charge on any atom is -0.340 e. The summed E-state index contributed by atoms with van der Waals surface area (Å²) in [5.41, 5.74) is 5.44. The first-order chi connectivity index (χ1) is 9.44. The van der Waals surface area contributed by atoms with Crippen LogP contribution in [0.25, 0.3) is 0 Å². The number of carbonyl (C=O) groups is 1. The Bertz CT molecular complexity index is 398. The van der Waals surface area contributed by atoms with Gasteiger partial charge in [0, 0.05) is 25.6 Å². The summed E-state index contributed by atoms with van der Waals surface area (Å²) < 4.78 is 24.6. The summed E-state index contributed by atoms with van der Waals surface area (Å²) >= 11 is 0. The van der Waals surface area contributed by atoms with Gasteiger partial charge in [-0.3, -0.25) is 4.79 Å². The van der Waals surface area contributed by atoms with Gasteiger partial charge in [-0.1, -0.05) is 0 Å². The van der Waals surface area contributed by atoms with E-state index in [-0.39, 0.29) is 11.9 Å². The molecular formula is C13H27N3O3S. The lowest BCUT2D eigenvalue weighted by molar-refractivity contribution is -0.135. The molecule has 1 atom stereocenters. The van der Waals surface area contributed by atoms with Gasteiger partial charge in [0.25, 0.3) is 0 Å². The van der Waals surface area contributed by atoms with Crippen molar-refractivity contribution in [2.75, 3.05) is 25.9 Å². The summed E-state index contributed by atoms with van der Waals surface area (Å²) in [6.45, 7) is 1.82. The molecule has 1 aliphatic rings. The maximum absolute atomic E-state index is 12.2. The number of hydrogen-bond acceptors (Lipinski definition) is 4. The number of sulfonamides is 1. The van der Waals surface area contributed by atoms with Crippen LogP contribution >= 0.6 is 0 Å². The van der Waals surface area contributed by atoms with Crippen molar-refractivity contribution < 1.29 is 13.2 Å². The van der Waals surface area contributed by atoms with Crippen LogP contribution in [0.1, 0.15) is 44.9 Å². The highest BCUT2D eigenvalue weighted by Gasteiger charge is 2.25. The van der Waals surface area contributed by atoms with Crippen LogP contribution in [0.15, 0.2) is 0 Å². The zero-order chi connectivity index (χ0) is 15.0. The molecule has 7 heteroatoms. The third kappa shape index (κ3) is 6.67. The predicted molar refractivity (Wildman–Crippen MR) is 79.7 cm³/mol. The second-order valence-corrected chi connectivity index (χ2v) is 7.27. The molecule has 3 N–H and O–H groups in total. The Kier molecular flexibility index (Phi) is 7.47. The molecule has 1 amide bonds. The molecule has 0 aromatic rings. The van der Waals surface area contributed by atoms with Crippen molar-refractivity contribution in [1.29, 1.82) is 0 Å². The van der Waals surface area contributed by atoms with Gasteiger partial charge in [-0.25, -0.2) is 13.1 Å². The molecule has 0 aliphatic carbocycles. The van der Waals surface area contributed by atoms with Crippen molar-refractivity contribution in [3.8, 4) is 0 Å². The standard InChI is InChI=1S/C13H27N3O3S/c1-20(18,19)15-10-8-12-6-3-5-11-16(12)13(17)7-2-4-9-14/h12,15H,2-11,14H2,1H3.